The van der Waals surface area contributed by atoms with Crippen molar-refractivity contribution in [1.29, 1.82) is 0 Å². The van der Waals surface area contributed by atoms with Gasteiger partial charge in [0.15, 0.2) is 0 Å². The summed E-state index contributed by atoms with van der Waals surface area (Å²) >= 11 is 3.44. The third-order valence-electron chi connectivity index (χ3n) is 4.77. The van der Waals surface area contributed by atoms with Crippen LogP contribution < -0.4 is 5.32 Å². The van der Waals surface area contributed by atoms with E-state index in [0.29, 0.717) is 18.8 Å². The number of nitrogens with zero attached hydrogens (tertiary/aromatic N) is 1. The van der Waals surface area contributed by atoms with Gasteiger partial charge in [-0.05, 0) is 39.0 Å². The fourth-order valence-electron chi connectivity index (χ4n) is 3.48. The highest BCUT2D eigenvalue weighted by Crippen LogP contribution is 2.31. The Morgan fingerprint density at radius 3 is 2.63 bits per heavy atom. The summed E-state index contributed by atoms with van der Waals surface area (Å²) in [5.74, 6) is -0.707. The lowest BCUT2D eigenvalue weighted by Crippen LogP contribution is -2.52. The molecule has 8 heteroatoms. The van der Waals surface area contributed by atoms with Crippen LogP contribution in [0.25, 0.3) is 10.9 Å². The van der Waals surface area contributed by atoms with Gasteiger partial charge in [0.05, 0.1) is 31.0 Å². The SMILES string of the molecule is COC(=O)c1[nH]c2ccc(Br)cc2c1NC(=O)C(C)N1CC(C)OC(C)C1. The van der Waals surface area contributed by atoms with Crippen LogP contribution in [0.2, 0.25) is 0 Å². The number of ether oxygens (including phenoxy) is 2. The summed E-state index contributed by atoms with van der Waals surface area (Å²) in [5, 5.41) is 3.67. The second-order valence-corrected chi connectivity index (χ2v) is 7.85. The van der Waals surface area contributed by atoms with E-state index in [2.05, 4.69) is 31.1 Å². The van der Waals surface area contributed by atoms with E-state index in [0.717, 1.165) is 15.4 Å². The summed E-state index contributed by atoms with van der Waals surface area (Å²) in [6.45, 7) is 7.23. The predicted octanol–water partition coefficient (Wildman–Crippen LogP) is 3.15. The van der Waals surface area contributed by atoms with E-state index >= 15 is 0 Å². The number of aromatic nitrogens is 1. The number of carbonyl (C=O) groups excluding carboxylic acids is 2. The minimum Gasteiger partial charge on any atom is -0.464 e. The monoisotopic (exact) mass is 437 g/mol. The molecule has 1 aliphatic heterocycles. The maximum Gasteiger partial charge on any atom is 0.356 e. The molecule has 7 nitrogen and oxygen atoms in total. The maximum atomic E-state index is 12.9. The summed E-state index contributed by atoms with van der Waals surface area (Å²) in [5.41, 5.74) is 1.41. The van der Waals surface area contributed by atoms with E-state index in [1.165, 1.54) is 7.11 Å². The Hall–Kier alpha value is -1.90. The third-order valence-corrected chi connectivity index (χ3v) is 5.27. The molecule has 3 atom stereocenters. The van der Waals surface area contributed by atoms with Gasteiger partial charge in [0.25, 0.3) is 0 Å². The first-order valence-electron chi connectivity index (χ1n) is 8.90. The van der Waals surface area contributed by atoms with E-state index in [4.69, 9.17) is 9.47 Å². The Balaban J connectivity index is 1.89. The van der Waals surface area contributed by atoms with Crippen molar-refractivity contribution >= 4 is 44.4 Å². The highest BCUT2D eigenvalue weighted by Gasteiger charge is 2.30. The van der Waals surface area contributed by atoms with Crippen LogP contribution in [0.4, 0.5) is 5.69 Å². The van der Waals surface area contributed by atoms with E-state index < -0.39 is 5.97 Å². The van der Waals surface area contributed by atoms with E-state index in [1.54, 1.807) is 0 Å². The van der Waals surface area contributed by atoms with Gasteiger partial charge in [-0.2, -0.15) is 0 Å². The molecule has 0 saturated carbocycles. The zero-order chi connectivity index (χ0) is 19.7. The topological polar surface area (TPSA) is 83.7 Å². The van der Waals surface area contributed by atoms with Gasteiger partial charge < -0.3 is 19.8 Å². The van der Waals surface area contributed by atoms with Gasteiger partial charge >= 0.3 is 5.97 Å². The normalized spacial score (nSPS) is 21.8. The number of fused-ring (bicyclic) bond motifs is 1. The van der Waals surface area contributed by atoms with Crippen LogP contribution in [0, 0.1) is 0 Å². The highest BCUT2D eigenvalue weighted by molar-refractivity contribution is 9.10. The molecule has 0 spiro atoms. The van der Waals surface area contributed by atoms with Crippen molar-refractivity contribution in [3.05, 3.63) is 28.4 Å². The molecule has 3 unspecified atom stereocenters. The Kier molecular flexibility index (Phi) is 5.88. The fraction of sp³-hybridized carbons (Fsp3) is 0.474. The molecule has 1 aliphatic rings. The van der Waals surface area contributed by atoms with Crippen molar-refractivity contribution in [3.63, 3.8) is 0 Å². The Morgan fingerprint density at radius 1 is 1.33 bits per heavy atom. The van der Waals surface area contributed by atoms with Crippen LogP contribution in [0.3, 0.4) is 0 Å². The minimum absolute atomic E-state index is 0.0682. The fourth-order valence-corrected chi connectivity index (χ4v) is 3.84. The Bertz CT molecular complexity index is 856. The van der Waals surface area contributed by atoms with Gasteiger partial charge in [0, 0.05) is 28.5 Å². The number of hydrogen-bond acceptors (Lipinski definition) is 5. The number of rotatable bonds is 4. The van der Waals surface area contributed by atoms with Gasteiger partial charge in [-0.1, -0.05) is 15.9 Å². The molecule has 2 heterocycles. The van der Waals surface area contributed by atoms with Crippen molar-refractivity contribution < 1.29 is 19.1 Å². The van der Waals surface area contributed by atoms with E-state index in [1.807, 2.05) is 39.0 Å². The van der Waals surface area contributed by atoms with Crippen molar-refractivity contribution in [2.24, 2.45) is 0 Å². The minimum atomic E-state index is -0.529. The molecule has 2 N–H and O–H groups in total. The first-order valence-corrected chi connectivity index (χ1v) is 9.69. The summed E-state index contributed by atoms with van der Waals surface area (Å²) in [7, 11) is 1.31. The van der Waals surface area contributed by atoms with Crippen molar-refractivity contribution in [2.75, 3.05) is 25.5 Å². The number of esters is 1. The molecule has 1 fully saturated rings. The van der Waals surface area contributed by atoms with Crippen LogP contribution in [0.5, 0.6) is 0 Å². The van der Waals surface area contributed by atoms with Crippen LogP contribution in [0.15, 0.2) is 22.7 Å². The number of H-pyrrole nitrogens is 1. The molecule has 27 heavy (non-hydrogen) atoms. The smallest absolute Gasteiger partial charge is 0.356 e. The number of hydrogen-bond donors (Lipinski definition) is 2. The second-order valence-electron chi connectivity index (χ2n) is 6.93. The van der Waals surface area contributed by atoms with Crippen molar-refractivity contribution in [3.8, 4) is 0 Å². The third kappa shape index (κ3) is 4.17. The molecule has 1 saturated heterocycles. The molecule has 1 amide bonds. The van der Waals surface area contributed by atoms with Gasteiger partial charge in [-0.25, -0.2) is 4.79 Å². The number of halogens is 1. The van der Waals surface area contributed by atoms with Crippen LogP contribution in [-0.4, -0.2) is 60.2 Å². The quantitative estimate of drug-likeness (QED) is 0.717. The lowest BCUT2D eigenvalue weighted by molar-refractivity contribution is -0.126. The zero-order valence-corrected chi connectivity index (χ0v) is 17.4. The van der Waals surface area contributed by atoms with Crippen LogP contribution >= 0.6 is 15.9 Å². The van der Waals surface area contributed by atoms with Gasteiger partial charge in [0.1, 0.15) is 5.69 Å². The number of morpholine rings is 1. The standard InChI is InChI=1S/C19H24BrN3O4/c1-10-8-23(9-11(2)27-10)12(3)18(24)22-16-14-7-13(20)5-6-15(14)21-17(16)19(25)26-4/h5-7,10-12,21H,8-9H2,1-4H3,(H,22,24). The largest absolute Gasteiger partial charge is 0.464 e. The summed E-state index contributed by atoms with van der Waals surface area (Å²) in [6.07, 6.45) is 0.136. The summed E-state index contributed by atoms with van der Waals surface area (Å²) in [4.78, 5) is 30.3. The van der Waals surface area contributed by atoms with Crippen LogP contribution in [-0.2, 0) is 14.3 Å². The molecule has 1 aromatic heterocycles. The predicted molar refractivity (Wildman–Crippen MR) is 107 cm³/mol. The molecule has 3 rings (SSSR count). The number of anilines is 1. The Labute approximate surface area is 166 Å². The molecule has 0 aliphatic carbocycles. The maximum absolute atomic E-state index is 12.9. The number of amides is 1. The number of methoxy groups -OCH3 is 1. The lowest BCUT2D eigenvalue weighted by atomic mass is 10.1. The first kappa shape index (κ1) is 19.9. The summed E-state index contributed by atoms with van der Waals surface area (Å²) < 4.78 is 11.5. The van der Waals surface area contributed by atoms with Crippen LogP contribution in [0.1, 0.15) is 31.3 Å². The van der Waals surface area contributed by atoms with Gasteiger partial charge in [0.2, 0.25) is 5.91 Å². The number of carbonyl (C=O) groups is 2. The number of nitrogens with one attached hydrogen (secondary N) is 2. The average Bonchev–Trinajstić information content (AvgIpc) is 2.97. The Morgan fingerprint density at radius 2 is 2.00 bits per heavy atom. The zero-order valence-electron chi connectivity index (χ0n) is 15.8. The first-order chi connectivity index (χ1) is 12.8. The summed E-state index contributed by atoms with van der Waals surface area (Å²) in [6, 6.07) is 5.21. The molecule has 146 valence electrons. The lowest BCUT2D eigenvalue weighted by Gasteiger charge is -2.38. The molecule has 0 radical (unpaired) electrons. The van der Waals surface area contributed by atoms with Crippen molar-refractivity contribution in [2.45, 2.75) is 39.0 Å². The van der Waals surface area contributed by atoms with Gasteiger partial charge in [-0.15, -0.1) is 0 Å². The number of benzene rings is 1. The van der Waals surface area contributed by atoms with E-state index in [9.17, 15) is 9.59 Å². The van der Waals surface area contributed by atoms with E-state index in [-0.39, 0.29) is 29.9 Å². The molecule has 2 aromatic rings. The molecule has 1 aromatic carbocycles. The molecular formula is C19H24BrN3O4. The van der Waals surface area contributed by atoms with Crippen molar-refractivity contribution in [1.82, 2.24) is 9.88 Å². The second kappa shape index (κ2) is 8.00. The average molecular weight is 438 g/mol. The number of aromatic amines is 1. The molecular weight excluding hydrogens is 414 g/mol. The van der Waals surface area contributed by atoms with Gasteiger partial charge in [-0.3, -0.25) is 9.69 Å². The highest BCUT2D eigenvalue weighted by atomic mass is 79.9. The molecule has 0 bridgehead atoms.